The molecule has 136 valence electrons. The molecule has 0 aromatic carbocycles. The molecule has 2 aliphatic heterocycles. The van der Waals surface area contributed by atoms with Gasteiger partial charge in [0.2, 0.25) is 0 Å². The lowest BCUT2D eigenvalue weighted by atomic mass is 9.65. The van der Waals surface area contributed by atoms with Crippen LogP contribution >= 0.6 is 0 Å². The van der Waals surface area contributed by atoms with Crippen LogP contribution in [0.4, 0.5) is 0 Å². The predicted octanol–water partition coefficient (Wildman–Crippen LogP) is 1.44. The number of rotatable bonds is 3. The molecule has 3 saturated carbocycles. The zero-order chi connectivity index (χ0) is 18.0. The van der Waals surface area contributed by atoms with Crippen LogP contribution in [0.15, 0.2) is 0 Å². The maximum absolute atomic E-state index is 13.3. The molecule has 0 aromatic heterocycles. The normalized spacial score (nSPS) is 53.6. The standard InChI is InChI=1S/C19H24O6/c1-5-6-10(20)24-14-11-9(7-16(14,2)3)12(21)19-15(25-19)13(22)18(8-23-18)17(11,19)4/h9,11,14-15H,5-8H2,1-4H3/t9?,11?,14?,15?,17?,18-,19?/m1/s1. The number of hydrogen-bond donors (Lipinski definition) is 0. The van der Waals surface area contributed by atoms with E-state index < -0.39 is 28.8 Å². The fourth-order valence-corrected chi connectivity index (χ4v) is 6.41. The number of fused-ring (bicyclic) bond motifs is 3. The molecule has 2 heterocycles. The second-order valence-corrected chi connectivity index (χ2v) is 9.27. The van der Waals surface area contributed by atoms with Crippen molar-refractivity contribution in [2.24, 2.45) is 22.7 Å². The molecule has 0 aromatic rings. The van der Waals surface area contributed by atoms with Gasteiger partial charge in [0.25, 0.3) is 0 Å². The van der Waals surface area contributed by atoms with Crippen LogP contribution in [-0.2, 0) is 28.6 Å². The van der Waals surface area contributed by atoms with E-state index in [1.54, 1.807) is 0 Å². The van der Waals surface area contributed by atoms with Crippen molar-refractivity contribution in [2.75, 3.05) is 6.61 Å². The summed E-state index contributed by atoms with van der Waals surface area (Å²) >= 11 is 0. The van der Waals surface area contributed by atoms with Gasteiger partial charge in [-0.05, 0) is 12.8 Å². The topological polar surface area (TPSA) is 85.5 Å². The largest absolute Gasteiger partial charge is 0.461 e. The molecule has 6 nitrogen and oxygen atoms in total. The second kappa shape index (κ2) is 4.17. The van der Waals surface area contributed by atoms with Crippen molar-refractivity contribution in [1.29, 1.82) is 0 Å². The highest BCUT2D eigenvalue weighted by atomic mass is 16.7. The van der Waals surface area contributed by atoms with Gasteiger partial charge in [0.1, 0.15) is 6.10 Å². The van der Waals surface area contributed by atoms with E-state index in [1.165, 1.54) is 0 Å². The lowest BCUT2D eigenvalue weighted by Crippen LogP contribution is -2.53. The molecule has 5 aliphatic rings. The SMILES string of the molecule is CCCC(=O)OC1C2C(CC1(C)C)C(=O)C13OC1C(=O)[C@]1(CO1)C23C. The van der Waals surface area contributed by atoms with Crippen molar-refractivity contribution in [2.45, 2.75) is 70.4 Å². The Balaban J connectivity index is 1.60. The van der Waals surface area contributed by atoms with Gasteiger partial charge in [-0.15, -0.1) is 0 Å². The van der Waals surface area contributed by atoms with Crippen LogP contribution < -0.4 is 0 Å². The summed E-state index contributed by atoms with van der Waals surface area (Å²) in [5.74, 6) is -0.770. The molecular formula is C19H24O6. The summed E-state index contributed by atoms with van der Waals surface area (Å²) in [6.45, 7) is 8.32. The van der Waals surface area contributed by atoms with Crippen LogP contribution in [0.1, 0.15) is 47.0 Å². The fourth-order valence-electron chi connectivity index (χ4n) is 6.41. The van der Waals surface area contributed by atoms with E-state index in [2.05, 4.69) is 0 Å². The number of esters is 1. The van der Waals surface area contributed by atoms with E-state index >= 15 is 0 Å². The van der Waals surface area contributed by atoms with Gasteiger partial charge >= 0.3 is 5.97 Å². The van der Waals surface area contributed by atoms with Gasteiger partial charge < -0.3 is 14.2 Å². The monoisotopic (exact) mass is 348 g/mol. The van der Waals surface area contributed by atoms with Crippen LogP contribution in [0.25, 0.3) is 0 Å². The van der Waals surface area contributed by atoms with Gasteiger partial charge in [0.05, 0.1) is 12.0 Å². The average Bonchev–Trinajstić information content (AvgIpc) is 3.41. The van der Waals surface area contributed by atoms with Crippen molar-refractivity contribution in [3.8, 4) is 0 Å². The molecule has 2 spiro atoms. The van der Waals surface area contributed by atoms with Crippen LogP contribution in [0.2, 0.25) is 0 Å². The van der Waals surface area contributed by atoms with Gasteiger partial charge in [-0.25, -0.2) is 0 Å². The number of Topliss-reactive ketones (excluding diaryl/α,β-unsaturated/α-hetero) is 2. The molecule has 0 N–H and O–H groups in total. The first-order valence-corrected chi connectivity index (χ1v) is 9.27. The third kappa shape index (κ3) is 1.43. The van der Waals surface area contributed by atoms with Gasteiger partial charge in [0, 0.05) is 23.7 Å². The summed E-state index contributed by atoms with van der Waals surface area (Å²) in [5, 5.41) is 0. The van der Waals surface area contributed by atoms with Crippen LogP contribution in [0.5, 0.6) is 0 Å². The highest BCUT2D eigenvalue weighted by Gasteiger charge is 2.98. The molecule has 6 heteroatoms. The highest BCUT2D eigenvalue weighted by molar-refractivity contribution is 6.14. The number of carbonyl (C=O) groups excluding carboxylic acids is 3. The van der Waals surface area contributed by atoms with E-state index in [0.29, 0.717) is 19.4 Å². The lowest BCUT2D eigenvalue weighted by Gasteiger charge is -2.40. The Hall–Kier alpha value is -1.27. The summed E-state index contributed by atoms with van der Waals surface area (Å²) < 4.78 is 17.3. The first-order chi connectivity index (χ1) is 11.7. The van der Waals surface area contributed by atoms with Crippen LogP contribution in [-0.4, -0.2) is 47.6 Å². The number of hydrogen-bond acceptors (Lipinski definition) is 6. The Bertz CT molecular complexity index is 721. The Morgan fingerprint density at radius 1 is 1.24 bits per heavy atom. The summed E-state index contributed by atoms with van der Waals surface area (Å²) in [7, 11) is 0. The first kappa shape index (κ1) is 15.9. The Morgan fingerprint density at radius 3 is 2.52 bits per heavy atom. The summed E-state index contributed by atoms with van der Waals surface area (Å²) in [5.41, 5.74) is -3.01. The average molecular weight is 348 g/mol. The smallest absolute Gasteiger partial charge is 0.306 e. The van der Waals surface area contributed by atoms with Gasteiger partial charge in [-0.2, -0.15) is 0 Å². The molecule has 0 bridgehead atoms. The fraction of sp³-hybridized carbons (Fsp3) is 0.842. The van der Waals surface area contributed by atoms with Gasteiger partial charge in [-0.3, -0.25) is 14.4 Å². The predicted molar refractivity (Wildman–Crippen MR) is 84.6 cm³/mol. The summed E-state index contributed by atoms with van der Waals surface area (Å²) in [6, 6.07) is 0. The molecule has 0 amide bonds. The maximum Gasteiger partial charge on any atom is 0.306 e. The number of ether oxygens (including phenoxy) is 3. The molecule has 6 unspecified atom stereocenters. The van der Waals surface area contributed by atoms with Crippen molar-refractivity contribution < 1.29 is 28.6 Å². The van der Waals surface area contributed by atoms with Crippen molar-refractivity contribution in [3.63, 3.8) is 0 Å². The third-order valence-corrected chi connectivity index (χ3v) is 7.65. The molecule has 25 heavy (non-hydrogen) atoms. The quantitative estimate of drug-likeness (QED) is 0.567. The number of epoxide rings is 2. The Kier molecular flexibility index (Phi) is 2.66. The molecule has 3 aliphatic carbocycles. The maximum atomic E-state index is 13.3. The van der Waals surface area contributed by atoms with E-state index in [1.807, 2.05) is 27.7 Å². The number of ketones is 2. The summed E-state index contributed by atoms with van der Waals surface area (Å²) in [6.07, 6.45) is 0.671. The molecule has 5 rings (SSSR count). The first-order valence-electron chi connectivity index (χ1n) is 9.27. The highest BCUT2D eigenvalue weighted by Crippen LogP contribution is 2.79. The minimum absolute atomic E-state index is 0.0211. The Morgan fingerprint density at radius 2 is 1.92 bits per heavy atom. The van der Waals surface area contributed by atoms with Crippen molar-refractivity contribution in [1.82, 2.24) is 0 Å². The zero-order valence-corrected chi connectivity index (χ0v) is 15.1. The van der Waals surface area contributed by atoms with Crippen molar-refractivity contribution in [3.05, 3.63) is 0 Å². The van der Waals surface area contributed by atoms with E-state index in [9.17, 15) is 14.4 Å². The van der Waals surface area contributed by atoms with E-state index in [4.69, 9.17) is 14.2 Å². The lowest BCUT2D eigenvalue weighted by molar-refractivity contribution is -0.163. The minimum Gasteiger partial charge on any atom is -0.461 e. The molecular weight excluding hydrogens is 324 g/mol. The molecule has 7 atom stereocenters. The molecule has 2 saturated heterocycles. The minimum atomic E-state index is -1.04. The van der Waals surface area contributed by atoms with Crippen LogP contribution in [0.3, 0.4) is 0 Å². The second-order valence-electron chi connectivity index (χ2n) is 9.27. The van der Waals surface area contributed by atoms with Gasteiger partial charge in [-0.1, -0.05) is 27.7 Å². The zero-order valence-electron chi connectivity index (χ0n) is 15.1. The molecule has 0 radical (unpaired) electrons. The number of carbonyl (C=O) groups is 3. The van der Waals surface area contributed by atoms with E-state index in [-0.39, 0.29) is 34.8 Å². The molecule has 5 fully saturated rings. The third-order valence-electron chi connectivity index (χ3n) is 7.65. The van der Waals surface area contributed by atoms with Crippen molar-refractivity contribution >= 4 is 17.5 Å². The summed E-state index contributed by atoms with van der Waals surface area (Å²) in [4.78, 5) is 38.3. The Labute approximate surface area is 146 Å². The van der Waals surface area contributed by atoms with Gasteiger partial charge in [0.15, 0.2) is 28.9 Å². The van der Waals surface area contributed by atoms with E-state index in [0.717, 1.165) is 6.42 Å². The van der Waals surface area contributed by atoms with Crippen LogP contribution in [0, 0.1) is 22.7 Å².